The third-order valence-corrected chi connectivity index (χ3v) is 6.53. The van der Waals surface area contributed by atoms with Gasteiger partial charge < -0.3 is 14.3 Å². The zero-order valence-electron chi connectivity index (χ0n) is 16.3. The molecule has 7 nitrogen and oxygen atoms in total. The first-order chi connectivity index (χ1) is 13.8. The number of nitrogens with zero attached hydrogens (tertiary/aromatic N) is 1. The van der Waals surface area contributed by atoms with Gasteiger partial charge in [0.1, 0.15) is 5.76 Å². The van der Waals surface area contributed by atoms with Crippen LogP contribution in [0.1, 0.15) is 40.3 Å². The number of hydrogen-bond donors (Lipinski definition) is 2. The molecule has 0 atom stereocenters. The molecule has 1 amide bonds. The van der Waals surface area contributed by atoms with Crippen LogP contribution in [0.25, 0.3) is 0 Å². The quantitative estimate of drug-likeness (QED) is 0.620. The number of rotatable bonds is 7. The van der Waals surface area contributed by atoms with Crippen molar-refractivity contribution in [2.45, 2.75) is 44.2 Å². The van der Waals surface area contributed by atoms with E-state index in [1.807, 2.05) is 36.6 Å². The SMILES string of the molecule is Cc1cc(C(=O)Nc2cccc(S(=O)(=O)NC3CC3)c2)c(C)n1Cc1ccco1. The van der Waals surface area contributed by atoms with Gasteiger partial charge in [0, 0.05) is 23.1 Å². The van der Waals surface area contributed by atoms with Crippen LogP contribution in [-0.4, -0.2) is 24.9 Å². The largest absolute Gasteiger partial charge is 0.467 e. The fourth-order valence-electron chi connectivity index (χ4n) is 3.26. The Morgan fingerprint density at radius 1 is 1.17 bits per heavy atom. The van der Waals surface area contributed by atoms with Gasteiger partial charge in [0.25, 0.3) is 5.91 Å². The van der Waals surface area contributed by atoms with Crippen molar-refractivity contribution in [2.75, 3.05) is 5.32 Å². The molecule has 1 saturated carbocycles. The zero-order valence-corrected chi connectivity index (χ0v) is 17.1. The number of furan rings is 1. The number of hydrogen-bond acceptors (Lipinski definition) is 4. The van der Waals surface area contributed by atoms with Gasteiger partial charge in [-0.25, -0.2) is 13.1 Å². The van der Waals surface area contributed by atoms with Gasteiger partial charge in [-0.05, 0) is 63.1 Å². The highest BCUT2D eigenvalue weighted by Gasteiger charge is 2.28. The van der Waals surface area contributed by atoms with Crippen molar-refractivity contribution < 1.29 is 17.6 Å². The van der Waals surface area contributed by atoms with Crippen molar-refractivity contribution in [3.05, 3.63) is 71.4 Å². The van der Waals surface area contributed by atoms with Gasteiger partial charge in [-0.1, -0.05) is 6.07 Å². The molecule has 1 aliphatic rings. The molecule has 8 heteroatoms. The molecule has 4 rings (SSSR count). The number of aromatic nitrogens is 1. The molecule has 1 aliphatic carbocycles. The second-order valence-electron chi connectivity index (χ2n) is 7.33. The average Bonchev–Trinajstić information content (AvgIpc) is 3.23. The maximum atomic E-state index is 12.8. The molecule has 0 bridgehead atoms. The fourth-order valence-corrected chi connectivity index (χ4v) is 4.61. The summed E-state index contributed by atoms with van der Waals surface area (Å²) in [7, 11) is -3.58. The van der Waals surface area contributed by atoms with Gasteiger partial charge in [0.15, 0.2) is 0 Å². The van der Waals surface area contributed by atoms with E-state index in [0.717, 1.165) is 30.0 Å². The first-order valence-corrected chi connectivity index (χ1v) is 10.9. The topological polar surface area (TPSA) is 93.3 Å². The van der Waals surface area contributed by atoms with E-state index in [1.54, 1.807) is 18.4 Å². The van der Waals surface area contributed by atoms with E-state index in [2.05, 4.69) is 10.0 Å². The van der Waals surface area contributed by atoms with Crippen LogP contribution in [0.5, 0.6) is 0 Å². The molecule has 152 valence electrons. The van der Waals surface area contributed by atoms with E-state index in [4.69, 9.17) is 4.42 Å². The van der Waals surface area contributed by atoms with Crippen LogP contribution in [0.2, 0.25) is 0 Å². The predicted octanol–water partition coefficient (Wildman–Crippen LogP) is 3.44. The Hall–Kier alpha value is -2.84. The normalized spacial score (nSPS) is 14.1. The van der Waals surface area contributed by atoms with Crippen LogP contribution in [0.3, 0.4) is 0 Å². The summed E-state index contributed by atoms with van der Waals surface area (Å²) >= 11 is 0. The summed E-state index contributed by atoms with van der Waals surface area (Å²) in [5, 5.41) is 2.81. The van der Waals surface area contributed by atoms with Gasteiger partial charge in [0.05, 0.1) is 23.3 Å². The number of sulfonamides is 1. The lowest BCUT2D eigenvalue weighted by molar-refractivity contribution is 0.102. The molecule has 2 heterocycles. The van der Waals surface area contributed by atoms with Crippen molar-refractivity contribution in [3.63, 3.8) is 0 Å². The molecular formula is C21H23N3O4S. The molecule has 2 N–H and O–H groups in total. The smallest absolute Gasteiger partial charge is 0.257 e. The molecule has 0 radical (unpaired) electrons. The summed E-state index contributed by atoms with van der Waals surface area (Å²) in [6, 6.07) is 11.9. The van der Waals surface area contributed by atoms with Crippen molar-refractivity contribution in [3.8, 4) is 0 Å². The van der Waals surface area contributed by atoms with E-state index in [0.29, 0.717) is 17.8 Å². The summed E-state index contributed by atoms with van der Waals surface area (Å²) in [6.45, 7) is 4.35. The minimum absolute atomic E-state index is 0.0257. The third kappa shape index (κ3) is 4.28. The molecule has 0 unspecified atom stereocenters. The first-order valence-electron chi connectivity index (χ1n) is 9.46. The van der Waals surface area contributed by atoms with Crippen LogP contribution in [0.4, 0.5) is 5.69 Å². The number of benzene rings is 1. The van der Waals surface area contributed by atoms with Crippen molar-refractivity contribution in [1.82, 2.24) is 9.29 Å². The molecule has 0 aliphatic heterocycles. The molecule has 3 aromatic rings. The highest BCUT2D eigenvalue weighted by Crippen LogP contribution is 2.24. The standard InChI is InChI=1S/C21H23N3O4S/c1-14-11-20(15(2)24(14)13-18-6-4-10-28-18)21(25)22-17-5-3-7-19(12-17)29(26,27)23-16-8-9-16/h3-7,10-12,16,23H,8-9,13H2,1-2H3,(H,22,25). The van der Waals surface area contributed by atoms with Crippen LogP contribution in [-0.2, 0) is 16.6 Å². The number of anilines is 1. The summed E-state index contributed by atoms with van der Waals surface area (Å²) < 4.78 is 34.9. The lowest BCUT2D eigenvalue weighted by Crippen LogP contribution is -2.25. The molecule has 1 aromatic carbocycles. The molecule has 1 fully saturated rings. The summed E-state index contributed by atoms with van der Waals surface area (Å²) in [5.41, 5.74) is 2.73. The van der Waals surface area contributed by atoms with E-state index in [1.165, 1.54) is 12.1 Å². The Balaban J connectivity index is 1.53. The minimum Gasteiger partial charge on any atom is -0.467 e. The van der Waals surface area contributed by atoms with E-state index >= 15 is 0 Å². The van der Waals surface area contributed by atoms with Crippen molar-refractivity contribution in [2.24, 2.45) is 0 Å². The maximum Gasteiger partial charge on any atom is 0.257 e. The fraction of sp³-hybridized carbons (Fsp3) is 0.286. The van der Waals surface area contributed by atoms with Crippen molar-refractivity contribution in [1.29, 1.82) is 0 Å². The Morgan fingerprint density at radius 2 is 1.97 bits per heavy atom. The van der Waals surface area contributed by atoms with Crippen LogP contribution in [0.15, 0.2) is 58.0 Å². The Morgan fingerprint density at radius 3 is 2.66 bits per heavy atom. The molecule has 2 aromatic heterocycles. The number of amides is 1. The predicted molar refractivity (Wildman–Crippen MR) is 109 cm³/mol. The first kappa shape index (κ1) is 19.5. The minimum atomic E-state index is -3.58. The van der Waals surface area contributed by atoms with Gasteiger partial charge >= 0.3 is 0 Å². The lowest BCUT2D eigenvalue weighted by Gasteiger charge is -2.10. The summed E-state index contributed by atoms with van der Waals surface area (Å²) in [5.74, 6) is 0.522. The molecule has 29 heavy (non-hydrogen) atoms. The van der Waals surface area contributed by atoms with E-state index < -0.39 is 10.0 Å². The third-order valence-electron chi connectivity index (χ3n) is 5.01. The van der Waals surface area contributed by atoms with E-state index in [-0.39, 0.29) is 16.8 Å². The second kappa shape index (κ2) is 7.53. The Labute approximate surface area is 169 Å². The number of aryl methyl sites for hydroxylation is 1. The summed E-state index contributed by atoms with van der Waals surface area (Å²) in [6.07, 6.45) is 3.35. The second-order valence-corrected chi connectivity index (χ2v) is 9.04. The number of carbonyl (C=O) groups is 1. The van der Waals surface area contributed by atoms with Gasteiger partial charge in [-0.3, -0.25) is 4.79 Å². The van der Waals surface area contributed by atoms with Crippen molar-refractivity contribution >= 4 is 21.6 Å². The van der Waals surface area contributed by atoms with Crippen LogP contribution >= 0.6 is 0 Å². The zero-order chi connectivity index (χ0) is 20.6. The van der Waals surface area contributed by atoms with Gasteiger partial charge in [-0.15, -0.1) is 0 Å². The van der Waals surface area contributed by atoms with Gasteiger partial charge in [0.2, 0.25) is 10.0 Å². The monoisotopic (exact) mass is 413 g/mol. The maximum absolute atomic E-state index is 12.8. The van der Waals surface area contributed by atoms with E-state index in [9.17, 15) is 13.2 Å². The highest BCUT2D eigenvalue weighted by molar-refractivity contribution is 7.89. The van der Waals surface area contributed by atoms with Gasteiger partial charge in [-0.2, -0.15) is 0 Å². The molecular weight excluding hydrogens is 390 g/mol. The van der Waals surface area contributed by atoms with Crippen LogP contribution < -0.4 is 10.0 Å². The number of nitrogens with one attached hydrogen (secondary N) is 2. The highest BCUT2D eigenvalue weighted by atomic mass is 32.2. The summed E-state index contributed by atoms with van der Waals surface area (Å²) in [4.78, 5) is 13.0. The Bertz CT molecular complexity index is 1140. The number of carbonyl (C=O) groups excluding carboxylic acids is 1. The molecule has 0 spiro atoms. The lowest BCUT2D eigenvalue weighted by atomic mass is 10.2. The Kier molecular flexibility index (Phi) is 5.06. The average molecular weight is 413 g/mol. The molecule has 0 saturated heterocycles. The van der Waals surface area contributed by atoms with Crippen LogP contribution in [0, 0.1) is 13.8 Å².